The molecule has 11 nitrogen and oxygen atoms in total. The van der Waals surface area contributed by atoms with Gasteiger partial charge in [-0.3, -0.25) is 19.3 Å². The van der Waals surface area contributed by atoms with Crippen LogP contribution in [0.3, 0.4) is 0 Å². The predicted octanol–water partition coefficient (Wildman–Crippen LogP) is 7.46. The topological polar surface area (TPSA) is 128 Å². The lowest BCUT2D eigenvalue weighted by Gasteiger charge is -2.15. The SMILES string of the molecule is Cc1ccc(C(=O)NOCCOCCOCCOCCONC(=O)c2ccc(F)c(F)c2Nc2ccc(I)cc2F)c(Nc2ccc(I)cc2F)c1F. The fourth-order valence-corrected chi connectivity index (χ4v) is 5.30. The molecule has 0 aliphatic heterocycles. The Morgan fingerprint density at radius 2 is 0.962 bits per heavy atom. The van der Waals surface area contributed by atoms with Crippen molar-refractivity contribution in [1.29, 1.82) is 0 Å². The Kier molecular flexibility index (Phi) is 16.9. The smallest absolute Gasteiger partial charge is 0.277 e. The van der Waals surface area contributed by atoms with Gasteiger partial charge in [-0.15, -0.1) is 0 Å². The Labute approximate surface area is 328 Å². The molecular weight excluding hydrogens is 937 g/mol. The number of amides is 2. The lowest BCUT2D eigenvalue weighted by molar-refractivity contribution is -0.0295. The van der Waals surface area contributed by atoms with Gasteiger partial charge in [0.05, 0.1) is 86.7 Å². The normalized spacial score (nSPS) is 11.0. The Bertz CT molecular complexity index is 1760. The van der Waals surface area contributed by atoms with Crippen molar-refractivity contribution in [2.24, 2.45) is 0 Å². The molecule has 4 rings (SSSR count). The Morgan fingerprint density at radius 3 is 1.42 bits per heavy atom. The van der Waals surface area contributed by atoms with Gasteiger partial charge in [-0.1, -0.05) is 6.07 Å². The van der Waals surface area contributed by atoms with Crippen LogP contribution in [0, 0.1) is 43.2 Å². The van der Waals surface area contributed by atoms with Crippen LogP contribution in [0.5, 0.6) is 0 Å². The molecule has 2 amide bonds. The van der Waals surface area contributed by atoms with Gasteiger partial charge in [-0.05, 0) is 112 Å². The van der Waals surface area contributed by atoms with E-state index in [-0.39, 0.29) is 86.6 Å². The van der Waals surface area contributed by atoms with Crippen molar-refractivity contribution in [3.8, 4) is 0 Å². The minimum Gasteiger partial charge on any atom is -0.377 e. The van der Waals surface area contributed by atoms with Gasteiger partial charge >= 0.3 is 0 Å². The maximum Gasteiger partial charge on any atom is 0.277 e. The molecule has 0 fully saturated rings. The van der Waals surface area contributed by atoms with Crippen LogP contribution in [-0.4, -0.2) is 64.7 Å². The lowest BCUT2D eigenvalue weighted by atomic mass is 10.1. The van der Waals surface area contributed by atoms with E-state index in [1.807, 2.05) is 45.2 Å². The van der Waals surface area contributed by atoms with Crippen LogP contribution in [0.1, 0.15) is 26.3 Å². The molecule has 0 aromatic heterocycles. The molecule has 0 saturated carbocycles. The number of carbonyl (C=O) groups is 2. The molecular formula is C35H33F5I2N4O7. The molecule has 0 atom stereocenters. The van der Waals surface area contributed by atoms with E-state index in [4.69, 9.17) is 23.9 Å². The second kappa shape index (κ2) is 21.3. The number of benzene rings is 4. The summed E-state index contributed by atoms with van der Waals surface area (Å²) in [5.74, 6) is -6.25. The molecule has 4 aromatic carbocycles. The van der Waals surface area contributed by atoms with Crippen LogP contribution in [0.2, 0.25) is 0 Å². The first-order chi connectivity index (χ1) is 25.5. The van der Waals surface area contributed by atoms with Crippen LogP contribution in [0.4, 0.5) is 44.7 Å². The number of hydrogen-bond acceptors (Lipinski definition) is 9. The zero-order valence-electron chi connectivity index (χ0n) is 27.9. The summed E-state index contributed by atoms with van der Waals surface area (Å²) in [5, 5.41) is 5.10. The maximum atomic E-state index is 14.9. The number of nitrogens with one attached hydrogen (secondary N) is 4. The molecule has 0 heterocycles. The highest BCUT2D eigenvalue weighted by molar-refractivity contribution is 14.1. The van der Waals surface area contributed by atoms with Gasteiger partial charge in [-0.2, -0.15) is 0 Å². The van der Waals surface area contributed by atoms with Gasteiger partial charge in [-0.25, -0.2) is 32.9 Å². The number of anilines is 4. The van der Waals surface area contributed by atoms with Crippen LogP contribution < -0.4 is 21.6 Å². The molecule has 0 aliphatic carbocycles. The van der Waals surface area contributed by atoms with Crippen LogP contribution in [-0.2, 0) is 23.9 Å². The van der Waals surface area contributed by atoms with Crippen molar-refractivity contribution in [2.75, 3.05) is 63.5 Å². The number of halogens is 7. The van der Waals surface area contributed by atoms with Gasteiger partial charge in [0, 0.05) is 7.14 Å². The van der Waals surface area contributed by atoms with E-state index >= 15 is 0 Å². The Morgan fingerprint density at radius 1 is 0.547 bits per heavy atom. The Hall–Kier alpha value is -3.67. The second-order valence-electron chi connectivity index (χ2n) is 10.8. The highest BCUT2D eigenvalue weighted by Crippen LogP contribution is 2.30. The van der Waals surface area contributed by atoms with E-state index in [0.717, 1.165) is 12.1 Å². The van der Waals surface area contributed by atoms with Gasteiger partial charge < -0.3 is 24.8 Å². The molecule has 53 heavy (non-hydrogen) atoms. The number of ether oxygens (including phenoxy) is 3. The molecule has 0 aliphatic rings. The van der Waals surface area contributed by atoms with E-state index in [1.54, 1.807) is 12.1 Å². The average molecular weight is 970 g/mol. The first-order valence-electron chi connectivity index (χ1n) is 15.7. The largest absolute Gasteiger partial charge is 0.377 e. The first kappa shape index (κ1) is 42.1. The molecule has 4 aromatic rings. The summed E-state index contributed by atoms with van der Waals surface area (Å²) in [6, 6.07) is 13.1. The number of rotatable bonds is 20. The third-order valence-electron chi connectivity index (χ3n) is 7.03. The zero-order valence-corrected chi connectivity index (χ0v) is 32.2. The van der Waals surface area contributed by atoms with Gasteiger partial charge in [0.1, 0.15) is 17.5 Å². The van der Waals surface area contributed by atoms with Crippen molar-refractivity contribution in [2.45, 2.75) is 6.92 Å². The number of aryl methyl sites for hydroxylation is 1. The maximum absolute atomic E-state index is 14.9. The van der Waals surface area contributed by atoms with Gasteiger partial charge in [0.15, 0.2) is 11.6 Å². The van der Waals surface area contributed by atoms with Crippen molar-refractivity contribution in [3.63, 3.8) is 0 Å². The number of hydroxylamine groups is 2. The fourth-order valence-electron chi connectivity index (χ4n) is 4.39. The predicted molar refractivity (Wildman–Crippen MR) is 202 cm³/mol. The third-order valence-corrected chi connectivity index (χ3v) is 8.38. The highest BCUT2D eigenvalue weighted by Gasteiger charge is 2.21. The summed E-state index contributed by atoms with van der Waals surface area (Å²) < 4.78 is 89.4. The molecule has 0 unspecified atom stereocenters. The molecule has 0 bridgehead atoms. The fraction of sp³-hybridized carbons (Fsp3) is 0.257. The minimum absolute atomic E-state index is 0.00776. The summed E-state index contributed by atoms with van der Waals surface area (Å²) in [6.45, 7) is 2.44. The molecule has 284 valence electrons. The van der Waals surface area contributed by atoms with E-state index in [9.17, 15) is 31.5 Å². The summed E-state index contributed by atoms with van der Waals surface area (Å²) in [5.41, 5.74) is 3.31. The van der Waals surface area contributed by atoms with E-state index < -0.39 is 46.6 Å². The number of hydrogen-bond donors (Lipinski definition) is 4. The van der Waals surface area contributed by atoms with E-state index in [2.05, 4.69) is 21.6 Å². The van der Waals surface area contributed by atoms with Crippen LogP contribution in [0.15, 0.2) is 60.7 Å². The van der Waals surface area contributed by atoms with Crippen molar-refractivity contribution >= 4 is 79.7 Å². The summed E-state index contributed by atoms with van der Waals surface area (Å²) in [6.07, 6.45) is 0. The first-order valence-corrected chi connectivity index (χ1v) is 17.9. The van der Waals surface area contributed by atoms with Crippen LogP contribution >= 0.6 is 45.2 Å². The standard InChI is InChI=1S/C35H33F5I2N4O7/c1-20-2-5-23(32(30(20)39)43-28-8-3-21(41)18-26(28)37)34(47)45-52-16-14-50-12-10-49-11-13-51-15-17-53-46-35(48)24-6-7-25(36)31(40)33(24)44-29-9-4-22(42)19-27(29)38/h2-9,18-19,43-44H,10-17H2,1H3,(H,45,47)(H,46,48). The van der Waals surface area contributed by atoms with Crippen molar-refractivity contribution in [3.05, 3.63) is 114 Å². The summed E-state index contributed by atoms with van der Waals surface area (Å²) >= 11 is 3.84. The molecule has 4 N–H and O–H groups in total. The Balaban J connectivity index is 1.05. The van der Waals surface area contributed by atoms with E-state index in [1.165, 1.54) is 43.3 Å². The minimum atomic E-state index is -1.36. The lowest BCUT2D eigenvalue weighted by Crippen LogP contribution is -2.27. The van der Waals surface area contributed by atoms with E-state index in [0.29, 0.717) is 7.14 Å². The van der Waals surface area contributed by atoms with Crippen LogP contribution in [0.25, 0.3) is 0 Å². The number of carbonyl (C=O) groups excluding carboxylic acids is 2. The molecule has 18 heteroatoms. The monoisotopic (exact) mass is 970 g/mol. The molecule has 0 spiro atoms. The summed E-state index contributed by atoms with van der Waals surface area (Å²) in [4.78, 5) is 35.5. The van der Waals surface area contributed by atoms with Gasteiger partial charge in [0.2, 0.25) is 0 Å². The van der Waals surface area contributed by atoms with Gasteiger partial charge in [0.25, 0.3) is 11.8 Å². The zero-order chi connectivity index (χ0) is 38.3. The summed E-state index contributed by atoms with van der Waals surface area (Å²) in [7, 11) is 0. The van der Waals surface area contributed by atoms with Crippen molar-refractivity contribution < 1.29 is 55.4 Å². The quantitative estimate of drug-likeness (QED) is 0.0309. The third kappa shape index (κ3) is 12.7. The highest BCUT2D eigenvalue weighted by atomic mass is 127. The molecule has 0 radical (unpaired) electrons. The van der Waals surface area contributed by atoms with Crippen molar-refractivity contribution in [1.82, 2.24) is 11.0 Å². The molecule has 0 saturated heterocycles. The average Bonchev–Trinajstić information content (AvgIpc) is 3.12. The second-order valence-corrected chi connectivity index (χ2v) is 13.3.